The van der Waals surface area contributed by atoms with Crippen LogP contribution in [-0.4, -0.2) is 20.4 Å². The van der Waals surface area contributed by atoms with Crippen LogP contribution in [0.3, 0.4) is 0 Å². The van der Waals surface area contributed by atoms with E-state index in [9.17, 15) is 4.79 Å². The number of nitrogens with zero attached hydrogens (tertiary/aromatic N) is 3. The molecule has 110 valence electrons. The number of hydrogen-bond acceptors (Lipinski definition) is 3. The van der Waals surface area contributed by atoms with E-state index in [1.54, 1.807) is 36.5 Å². The lowest BCUT2D eigenvalue weighted by molar-refractivity contribution is 0.101. The third kappa shape index (κ3) is 3.20. The molecule has 3 rings (SSSR count). The number of pyridine rings is 1. The van der Waals surface area contributed by atoms with Crippen LogP contribution in [0, 0.1) is 0 Å². The summed E-state index contributed by atoms with van der Waals surface area (Å²) in [4.78, 5) is 20.0. The van der Waals surface area contributed by atoms with E-state index in [0.717, 1.165) is 12.1 Å². The fraction of sp³-hybridized carbons (Fsp3) is 0.118. The van der Waals surface area contributed by atoms with Crippen LogP contribution in [0.15, 0.2) is 61.3 Å². The minimum absolute atomic E-state index is 0.165. The van der Waals surface area contributed by atoms with E-state index < -0.39 is 0 Å². The molecule has 5 heteroatoms. The first kappa shape index (κ1) is 14.0. The van der Waals surface area contributed by atoms with Crippen molar-refractivity contribution in [1.29, 1.82) is 0 Å². The minimum Gasteiger partial charge on any atom is -0.330 e. The van der Waals surface area contributed by atoms with Gasteiger partial charge in [0.15, 0.2) is 0 Å². The second kappa shape index (κ2) is 6.22. The molecule has 0 aliphatic carbocycles. The standard InChI is InChI=1S/C17H16N4O/c1-21-12-19-11-16(21)17(22)20-15-4-2-13(3-5-15)10-14-6-8-18-9-7-14/h2-9,11-12H,10H2,1H3,(H,20,22). The van der Waals surface area contributed by atoms with Gasteiger partial charge in [0.2, 0.25) is 0 Å². The van der Waals surface area contributed by atoms with Crippen LogP contribution in [0.25, 0.3) is 0 Å². The molecule has 0 radical (unpaired) electrons. The number of nitrogens with one attached hydrogen (secondary N) is 1. The van der Waals surface area contributed by atoms with Crippen molar-refractivity contribution in [2.45, 2.75) is 6.42 Å². The van der Waals surface area contributed by atoms with E-state index in [-0.39, 0.29) is 5.91 Å². The number of hydrogen-bond donors (Lipinski definition) is 1. The molecule has 1 N–H and O–H groups in total. The number of aromatic nitrogens is 3. The van der Waals surface area contributed by atoms with E-state index in [0.29, 0.717) is 5.69 Å². The van der Waals surface area contributed by atoms with Gasteiger partial charge in [-0.25, -0.2) is 4.98 Å². The van der Waals surface area contributed by atoms with Gasteiger partial charge in [-0.05, 0) is 41.8 Å². The third-order valence-electron chi connectivity index (χ3n) is 3.42. The van der Waals surface area contributed by atoms with Crippen molar-refractivity contribution in [2.75, 3.05) is 5.32 Å². The Kier molecular flexibility index (Phi) is 3.96. The largest absolute Gasteiger partial charge is 0.330 e. The van der Waals surface area contributed by atoms with Crippen molar-refractivity contribution >= 4 is 11.6 Å². The van der Waals surface area contributed by atoms with Gasteiger partial charge in [-0.1, -0.05) is 12.1 Å². The van der Waals surface area contributed by atoms with E-state index in [4.69, 9.17) is 0 Å². The van der Waals surface area contributed by atoms with Gasteiger partial charge in [-0.15, -0.1) is 0 Å². The summed E-state index contributed by atoms with van der Waals surface area (Å²) in [5.41, 5.74) is 3.69. The van der Waals surface area contributed by atoms with Crippen molar-refractivity contribution in [3.05, 3.63) is 78.1 Å². The van der Waals surface area contributed by atoms with Gasteiger partial charge in [-0.2, -0.15) is 0 Å². The van der Waals surface area contributed by atoms with Crippen LogP contribution in [0.1, 0.15) is 21.6 Å². The lowest BCUT2D eigenvalue weighted by Gasteiger charge is -2.07. The Morgan fingerprint density at radius 2 is 1.73 bits per heavy atom. The van der Waals surface area contributed by atoms with Gasteiger partial charge in [0.1, 0.15) is 5.69 Å². The summed E-state index contributed by atoms with van der Waals surface area (Å²) in [7, 11) is 1.79. The molecule has 0 saturated carbocycles. The number of amides is 1. The summed E-state index contributed by atoms with van der Waals surface area (Å²) in [6.45, 7) is 0. The maximum absolute atomic E-state index is 12.1. The van der Waals surface area contributed by atoms with Crippen LogP contribution in [-0.2, 0) is 13.5 Å². The summed E-state index contributed by atoms with van der Waals surface area (Å²) >= 11 is 0. The molecular weight excluding hydrogens is 276 g/mol. The Morgan fingerprint density at radius 3 is 2.36 bits per heavy atom. The first-order valence-corrected chi connectivity index (χ1v) is 6.98. The fourth-order valence-corrected chi connectivity index (χ4v) is 2.21. The molecule has 1 aromatic carbocycles. The lowest BCUT2D eigenvalue weighted by Crippen LogP contribution is -2.15. The van der Waals surface area contributed by atoms with E-state index in [1.807, 2.05) is 36.4 Å². The summed E-state index contributed by atoms with van der Waals surface area (Å²) in [6, 6.07) is 11.8. The fourth-order valence-electron chi connectivity index (χ4n) is 2.21. The summed E-state index contributed by atoms with van der Waals surface area (Å²) < 4.78 is 1.69. The zero-order chi connectivity index (χ0) is 15.4. The first-order chi connectivity index (χ1) is 10.7. The molecule has 0 spiro atoms. The average molecular weight is 292 g/mol. The zero-order valence-corrected chi connectivity index (χ0v) is 12.2. The van der Waals surface area contributed by atoms with Gasteiger partial charge >= 0.3 is 0 Å². The van der Waals surface area contributed by atoms with Crippen LogP contribution < -0.4 is 5.32 Å². The Labute approximate surface area is 128 Å². The normalized spacial score (nSPS) is 10.4. The number of rotatable bonds is 4. The molecule has 22 heavy (non-hydrogen) atoms. The zero-order valence-electron chi connectivity index (χ0n) is 12.2. The molecule has 2 aromatic heterocycles. The highest BCUT2D eigenvalue weighted by atomic mass is 16.1. The van der Waals surface area contributed by atoms with Gasteiger partial charge in [0.05, 0.1) is 12.5 Å². The molecule has 5 nitrogen and oxygen atoms in total. The van der Waals surface area contributed by atoms with Crippen molar-refractivity contribution in [3.63, 3.8) is 0 Å². The SMILES string of the molecule is Cn1cncc1C(=O)Nc1ccc(Cc2ccncc2)cc1. The molecule has 0 aliphatic heterocycles. The quantitative estimate of drug-likeness (QED) is 0.804. The second-order valence-electron chi connectivity index (χ2n) is 5.07. The molecule has 0 saturated heterocycles. The van der Waals surface area contributed by atoms with Crippen LogP contribution in [0.2, 0.25) is 0 Å². The Bertz CT molecular complexity index is 763. The number of aryl methyl sites for hydroxylation is 1. The topological polar surface area (TPSA) is 59.8 Å². The first-order valence-electron chi connectivity index (χ1n) is 6.98. The maximum atomic E-state index is 12.1. The molecule has 0 unspecified atom stereocenters. The molecule has 0 aliphatic rings. The lowest BCUT2D eigenvalue weighted by atomic mass is 10.1. The Balaban J connectivity index is 1.67. The van der Waals surface area contributed by atoms with Crippen LogP contribution >= 0.6 is 0 Å². The van der Waals surface area contributed by atoms with E-state index in [2.05, 4.69) is 15.3 Å². The predicted octanol–water partition coefficient (Wildman–Crippen LogP) is 2.66. The summed E-state index contributed by atoms with van der Waals surface area (Å²) in [5, 5.41) is 2.87. The number of benzene rings is 1. The van der Waals surface area contributed by atoms with E-state index in [1.165, 1.54) is 11.1 Å². The highest BCUT2D eigenvalue weighted by Gasteiger charge is 2.09. The smallest absolute Gasteiger partial charge is 0.273 e. The van der Waals surface area contributed by atoms with Crippen molar-refractivity contribution in [2.24, 2.45) is 7.05 Å². The molecule has 1 amide bonds. The number of carbonyl (C=O) groups excluding carboxylic acids is 1. The number of anilines is 1. The molecule has 3 aromatic rings. The average Bonchev–Trinajstić information content (AvgIpc) is 2.96. The molecule has 0 bridgehead atoms. The van der Waals surface area contributed by atoms with Crippen LogP contribution in [0.4, 0.5) is 5.69 Å². The Morgan fingerprint density at radius 1 is 1.05 bits per heavy atom. The second-order valence-corrected chi connectivity index (χ2v) is 5.07. The minimum atomic E-state index is -0.165. The highest BCUT2D eigenvalue weighted by Crippen LogP contribution is 2.14. The molecule has 0 fully saturated rings. The van der Waals surface area contributed by atoms with Gasteiger partial charge < -0.3 is 9.88 Å². The third-order valence-corrected chi connectivity index (χ3v) is 3.42. The molecular formula is C17H16N4O. The van der Waals surface area contributed by atoms with Gasteiger partial charge in [-0.3, -0.25) is 9.78 Å². The number of carbonyl (C=O) groups is 1. The Hall–Kier alpha value is -2.95. The predicted molar refractivity (Wildman–Crippen MR) is 84.6 cm³/mol. The molecule has 0 atom stereocenters. The van der Waals surface area contributed by atoms with Crippen molar-refractivity contribution in [3.8, 4) is 0 Å². The van der Waals surface area contributed by atoms with Gasteiger partial charge in [0, 0.05) is 25.1 Å². The van der Waals surface area contributed by atoms with E-state index >= 15 is 0 Å². The summed E-state index contributed by atoms with van der Waals surface area (Å²) in [5.74, 6) is -0.165. The maximum Gasteiger partial charge on any atom is 0.273 e. The van der Waals surface area contributed by atoms with Crippen molar-refractivity contribution < 1.29 is 4.79 Å². The highest BCUT2D eigenvalue weighted by molar-refractivity contribution is 6.02. The number of imidazole rings is 1. The van der Waals surface area contributed by atoms with Gasteiger partial charge in [0.25, 0.3) is 5.91 Å². The van der Waals surface area contributed by atoms with Crippen molar-refractivity contribution in [1.82, 2.24) is 14.5 Å². The van der Waals surface area contributed by atoms with Crippen LogP contribution in [0.5, 0.6) is 0 Å². The molecule has 2 heterocycles. The summed E-state index contributed by atoms with van der Waals surface area (Å²) in [6.07, 6.45) is 7.58. The monoisotopic (exact) mass is 292 g/mol.